The lowest BCUT2D eigenvalue weighted by molar-refractivity contribution is -0.132. The van der Waals surface area contributed by atoms with Crippen molar-refractivity contribution in [2.45, 2.75) is 26.8 Å². The number of aliphatic hydroxyl groups excluding tert-OH is 1. The van der Waals surface area contributed by atoms with Crippen LogP contribution in [0.2, 0.25) is 5.02 Å². The second-order valence-electron chi connectivity index (χ2n) is 8.38. The number of aryl methyl sites for hydroxylation is 1. The molecule has 0 aromatic heterocycles. The van der Waals surface area contributed by atoms with E-state index in [-0.39, 0.29) is 16.9 Å². The summed E-state index contributed by atoms with van der Waals surface area (Å²) >= 11 is 6.19. The Hall–Kier alpha value is -3.64. The molecule has 1 saturated heterocycles. The number of amides is 1. The molecule has 0 radical (unpaired) electrons. The third-order valence-electron chi connectivity index (χ3n) is 6.30. The Labute approximate surface area is 209 Å². The largest absolute Gasteiger partial charge is 0.507 e. The number of nitrogens with zero attached hydrogens (tertiary/aromatic N) is 2. The smallest absolute Gasteiger partial charge is 0.300 e. The van der Waals surface area contributed by atoms with Crippen molar-refractivity contribution in [3.05, 3.63) is 99.8 Å². The fourth-order valence-electron chi connectivity index (χ4n) is 4.44. The number of benzene rings is 3. The first-order valence-electron chi connectivity index (χ1n) is 11.4. The topological polar surface area (TPSA) is 60.9 Å². The number of carbonyl (C=O) groups excluding carboxylic acids is 2. The van der Waals surface area contributed by atoms with Crippen LogP contribution in [0.3, 0.4) is 0 Å². The van der Waals surface area contributed by atoms with Crippen LogP contribution in [-0.4, -0.2) is 29.9 Å². The number of rotatable bonds is 6. The van der Waals surface area contributed by atoms with Crippen molar-refractivity contribution >= 4 is 40.4 Å². The van der Waals surface area contributed by atoms with Gasteiger partial charge in [0.25, 0.3) is 11.7 Å². The lowest BCUT2D eigenvalue weighted by Gasteiger charge is -2.27. The van der Waals surface area contributed by atoms with Crippen LogP contribution in [0.25, 0.3) is 5.76 Å². The zero-order valence-electron chi connectivity index (χ0n) is 19.8. The first-order chi connectivity index (χ1) is 16.8. The van der Waals surface area contributed by atoms with Crippen LogP contribution in [0.1, 0.15) is 36.6 Å². The van der Waals surface area contributed by atoms with E-state index in [9.17, 15) is 19.1 Å². The van der Waals surface area contributed by atoms with E-state index in [1.165, 1.54) is 23.1 Å². The maximum atomic E-state index is 13.9. The molecule has 0 saturated carbocycles. The minimum atomic E-state index is -0.885. The van der Waals surface area contributed by atoms with Gasteiger partial charge in [-0.3, -0.25) is 14.5 Å². The molecule has 1 atom stereocenters. The van der Waals surface area contributed by atoms with E-state index in [2.05, 4.69) is 18.7 Å². The maximum absolute atomic E-state index is 13.9. The molecular weight excluding hydrogens is 467 g/mol. The maximum Gasteiger partial charge on any atom is 0.300 e. The molecule has 3 aromatic rings. The lowest BCUT2D eigenvalue weighted by atomic mass is 9.94. The Bertz CT molecular complexity index is 1320. The van der Waals surface area contributed by atoms with Crippen molar-refractivity contribution in [1.82, 2.24) is 0 Å². The van der Waals surface area contributed by atoms with E-state index < -0.39 is 23.5 Å². The lowest BCUT2D eigenvalue weighted by Crippen LogP contribution is -2.29. The SMILES string of the molecule is CCN(CC)c1ccc(C2/C(=C(\O)c3ccc(F)c(C)c3)C(=O)C(=O)N2c2cccc(Cl)c2)cc1. The molecule has 1 aliphatic heterocycles. The van der Waals surface area contributed by atoms with E-state index in [1.54, 1.807) is 31.2 Å². The van der Waals surface area contributed by atoms with Crippen molar-refractivity contribution < 1.29 is 19.1 Å². The summed E-state index contributed by atoms with van der Waals surface area (Å²) in [6, 6.07) is 17.4. The average Bonchev–Trinajstić information content (AvgIpc) is 3.12. The van der Waals surface area contributed by atoms with Crippen LogP contribution in [0.15, 0.2) is 72.3 Å². The highest BCUT2D eigenvalue weighted by molar-refractivity contribution is 6.51. The fourth-order valence-corrected chi connectivity index (χ4v) is 4.63. The summed E-state index contributed by atoms with van der Waals surface area (Å²) in [6.07, 6.45) is 0. The number of ketones is 1. The molecule has 1 unspecified atom stereocenters. The number of hydrogen-bond acceptors (Lipinski definition) is 4. The number of Topliss-reactive ketones (excluding diaryl/α,β-unsaturated/α-hetero) is 1. The molecule has 35 heavy (non-hydrogen) atoms. The summed E-state index contributed by atoms with van der Waals surface area (Å²) in [6.45, 7) is 7.37. The Balaban J connectivity index is 1.91. The minimum absolute atomic E-state index is 0.0587. The average molecular weight is 493 g/mol. The quantitative estimate of drug-likeness (QED) is 0.250. The predicted molar refractivity (Wildman–Crippen MR) is 137 cm³/mol. The summed E-state index contributed by atoms with van der Waals surface area (Å²) in [5.74, 6) is -2.37. The van der Waals surface area contributed by atoms with Gasteiger partial charge in [-0.05, 0) is 80.4 Å². The van der Waals surface area contributed by atoms with Crippen molar-refractivity contribution in [3.63, 3.8) is 0 Å². The van der Waals surface area contributed by atoms with Gasteiger partial charge in [-0.25, -0.2) is 4.39 Å². The van der Waals surface area contributed by atoms with Crippen molar-refractivity contribution in [2.75, 3.05) is 22.9 Å². The summed E-state index contributed by atoms with van der Waals surface area (Å²) in [5, 5.41) is 11.6. The van der Waals surface area contributed by atoms with Crippen LogP contribution in [0.5, 0.6) is 0 Å². The first-order valence-corrected chi connectivity index (χ1v) is 11.8. The number of aliphatic hydroxyl groups is 1. The highest BCUT2D eigenvalue weighted by Gasteiger charge is 2.47. The van der Waals surface area contributed by atoms with Gasteiger partial charge in [0, 0.05) is 35.1 Å². The Kier molecular flexibility index (Phi) is 6.94. The Morgan fingerprint density at radius 2 is 1.71 bits per heavy atom. The molecular formula is C28H26ClFN2O3. The standard InChI is InChI=1S/C28H26ClFN2O3/c1-4-31(5-2)21-12-9-18(10-13-21)25-24(26(33)19-11-14-23(30)17(3)15-19)27(34)28(35)32(25)22-8-6-7-20(29)16-22/h6-16,25,33H,4-5H2,1-3H3/b26-24+. The molecule has 1 N–H and O–H groups in total. The van der Waals surface area contributed by atoms with Crippen LogP contribution in [-0.2, 0) is 9.59 Å². The fraction of sp³-hybridized carbons (Fsp3) is 0.214. The summed E-state index contributed by atoms with van der Waals surface area (Å²) < 4.78 is 13.9. The van der Waals surface area contributed by atoms with Crippen LogP contribution in [0.4, 0.5) is 15.8 Å². The third-order valence-corrected chi connectivity index (χ3v) is 6.53. The first kappa shape index (κ1) is 24.5. The van der Waals surface area contributed by atoms with E-state index in [1.807, 2.05) is 24.3 Å². The monoisotopic (exact) mass is 492 g/mol. The molecule has 5 nitrogen and oxygen atoms in total. The molecule has 4 rings (SSSR count). The summed E-state index contributed by atoms with van der Waals surface area (Å²) in [4.78, 5) is 30.1. The highest BCUT2D eigenvalue weighted by Crippen LogP contribution is 2.43. The predicted octanol–water partition coefficient (Wildman–Crippen LogP) is 6.26. The normalized spacial score (nSPS) is 17.2. The molecule has 3 aromatic carbocycles. The van der Waals surface area contributed by atoms with Gasteiger partial charge in [-0.15, -0.1) is 0 Å². The zero-order valence-corrected chi connectivity index (χ0v) is 20.5. The second kappa shape index (κ2) is 9.92. The molecule has 7 heteroatoms. The van der Waals surface area contributed by atoms with Crippen LogP contribution >= 0.6 is 11.6 Å². The number of hydrogen-bond donors (Lipinski definition) is 1. The minimum Gasteiger partial charge on any atom is -0.507 e. The third kappa shape index (κ3) is 4.54. The van der Waals surface area contributed by atoms with Gasteiger partial charge in [-0.1, -0.05) is 29.8 Å². The van der Waals surface area contributed by atoms with E-state index in [4.69, 9.17) is 11.6 Å². The van der Waals surface area contributed by atoms with E-state index >= 15 is 0 Å². The number of anilines is 2. The molecule has 1 heterocycles. The van der Waals surface area contributed by atoms with Gasteiger partial charge < -0.3 is 10.0 Å². The van der Waals surface area contributed by atoms with Crippen LogP contribution < -0.4 is 9.80 Å². The molecule has 0 bridgehead atoms. The molecule has 0 aliphatic carbocycles. The number of halogens is 2. The van der Waals surface area contributed by atoms with Crippen LogP contribution in [0, 0.1) is 12.7 Å². The Morgan fingerprint density at radius 1 is 1.03 bits per heavy atom. The molecule has 180 valence electrons. The van der Waals surface area contributed by atoms with Gasteiger partial charge in [0.2, 0.25) is 0 Å². The molecule has 1 aliphatic rings. The number of carbonyl (C=O) groups is 2. The highest BCUT2D eigenvalue weighted by atomic mass is 35.5. The van der Waals surface area contributed by atoms with Crippen molar-refractivity contribution in [2.24, 2.45) is 0 Å². The zero-order chi connectivity index (χ0) is 25.3. The second-order valence-corrected chi connectivity index (χ2v) is 8.81. The van der Waals surface area contributed by atoms with Gasteiger partial charge >= 0.3 is 0 Å². The van der Waals surface area contributed by atoms with Gasteiger partial charge in [0.1, 0.15) is 11.6 Å². The Morgan fingerprint density at radius 3 is 2.31 bits per heavy atom. The molecule has 1 amide bonds. The summed E-state index contributed by atoms with van der Waals surface area (Å²) in [5.41, 5.74) is 2.62. The van der Waals surface area contributed by atoms with E-state index in [0.29, 0.717) is 21.8 Å². The van der Waals surface area contributed by atoms with Crippen molar-refractivity contribution in [1.29, 1.82) is 0 Å². The molecule has 0 spiro atoms. The van der Waals surface area contributed by atoms with Gasteiger partial charge in [0.05, 0.1) is 11.6 Å². The van der Waals surface area contributed by atoms with E-state index in [0.717, 1.165) is 18.8 Å². The summed E-state index contributed by atoms with van der Waals surface area (Å²) in [7, 11) is 0. The molecule has 1 fully saturated rings. The van der Waals surface area contributed by atoms with Gasteiger partial charge in [-0.2, -0.15) is 0 Å². The van der Waals surface area contributed by atoms with Crippen molar-refractivity contribution in [3.8, 4) is 0 Å². The van der Waals surface area contributed by atoms with Gasteiger partial charge in [0.15, 0.2) is 0 Å².